The fraction of sp³-hybridized carbons (Fsp3) is 0.200. The molecule has 1 atom stereocenters. The Morgan fingerprint density at radius 2 is 1.93 bits per heavy atom. The van der Waals surface area contributed by atoms with Crippen LogP contribution in [0.4, 0.5) is 4.39 Å². The third kappa shape index (κ3) is 3.12. The molecule has 0 saturated heterocycles. The fourth-order valence-corrected chi connectivity index (χ4v) is 3.10. The molecule has 0 aliphatic carbocycles. The molecule has 27 heavy (non-hydrogen) atoms. The van der Waals surface area contributed by atoms with E-state index in [4.69, 9.17) is 4.74 Å². The predicted molar refractivity (Wildman–Crippen MR) is 102 cm³/mol. The van der Waals surface area contributed by atoms with Crippen molar-refractivity contribution in [2.24, 2.45) is 4.99 Å². The Bertz CT molecular complexity index is 1050. The number of aromatic nitrogens is 2. The van der Waals surface area contributed by atoms with Gasteiger partial charge in [0, 0.05) is 5.39 Å². The second-order valence-electron chi connectivity index (χ2n) is 6.37. The average molecular weight is 366 g/mol. The molecule has 0 radical (unpaired) electrons. The van der Waals surface area contributed by atoms with Crippen LogP contribution in [-0.4, -0.2) is 33.9 Å². The summed E-state index contributed by atoms with van der Waals surface area (Å²) >= 11 is 0. The number of nitrogens with one attached hydrogen (secondary N) is 1. The number of amidine groups is 1. The van der Waals surface area contributed by atoms with Crippen LogP contribution in [0.15, 0.2) is 65.2 Å². The summed E-state index contributed by atoms with van der Waals surface area (Å²) in [5, 5.41) is 18.3. The minimum absolute atomic E-state index is 0.353. The lowest BCUT2D eigenvalue weighted by Gasteiger charge is -2.19. The molecule has 7 heteroatoms. The summed E-state index contributed by atoms with van der Waals surface area (Å²) in [6.07, 6.45) is 0. The zero-order valence-corrected chi connectivity index (χ0v) is 15.0. The lowest BCUT2D eigenvalue weighted by molar-refractivity contribution is 0.352. The first-order chi connectivity index (χ1) is 13.1. The maximum atomic E-state index is 13.8. The first-order valence-corrected chi connectivity index (χ1v) is 8.59. The van der Waals surface area contributed by atoms with Gasteiger partial charge >= 0.3 is 0 Å². The summed E-state index contributed by atoms with van der Waals surface area (Å²) in [7, 11) is 1.63. The summed E-state index contributed by atoms with van der Waals surface area (Å²) in [5.41, 5.74) is 2.57. The summed E-state index contributed by atoms with van der Waals surface area (Å²) < 4.78 is 20.8. The highest BCUT2D eigenvalue weighted by atomic mass is 19.1. The van der Waals surface area contributed by atoms with Crippen LogP contribution in [0.5, 0.6) is 5.75 Å². The van der Waals surface area contributed by atoms with Crippen molar-refractivity contribution >= 4 is 16.7 Å². The maximum Gasteiger partial charge on any atom is 0.247 e. The van der Waals surface area contributed by atoms with Crippen LogP contribution in [0.3, 0.4) is 0 Å². The molecule has 0 fully saturated rings. The molecule has 1 aromatic heterocycles. The van der Waals surface area contributed by atoms with Crippen LogP contribution in [0.1, 0.15) is 18.2 Å². The van der Waals surface area contributed by atoms with Crippen LogP contribution in [0.25, 0.3) is 10.9 Å². The molecule has 0 spiro atoms. The van der Waals surface area contributed by atoms with Gasteiger partial charge in [-0.3, -0.25) is 4.68 Å². The molecule has 138 valence electrons. The molecule has 0 saturated carbocycles. The van der Waals surface area contributed by atoms with Gasteiger partial charge in [-0.2, -0.15) is 10.1 Å². The van der Waals surface area contributed by atoms with E-state index in [1.807, 2.05) is 53.2 Å². The van der Waals surface area contributed by atoms with Crippen molar-refractivity contribution in [2.45, 2.75) is 19.5 Å². The Balaban J connectivity index is 1.76. The average Bonchev–Trinajstić information content (AvgIpc) is 3.05. The summed E-state index contributed by atoms with van der Waals surface area (Å²) in [6.45, 7) is 2.18. The summed E-state index contributed by atoms with van der Waals surface area (Å²) in [6, 6.07) is 14.9. The number of aliphatic hydroxyl groups is 1. The SMILES string of the molecule is COc1ccc(Cn2nc(C3=NC(O)=C(F)C(C)N3)c3ccccc32)cc1. The van der Waals surface area contributed by atoms with Crippen LogP contribution in [0.2, 0.25) is 0 Å². The third-order valence-electron chi connectivity index (χ3n) is 4.54. The van der Waals surface area contributed by atoms with Gasteiger partial charge in [0.15, 0.2) is 11.7 Å². The molecule has 1 unspecified atom stereocenters. The van der Waals surface area contributed by atoms with Gasteiger partial charge in [-0.15, -0.1) is 0 Å². The van der Waals surface area contributed by atoms with Gasteiger partial charge in [0.25, 0.3) is 0 Å². The highest BCUT2D eigenvalue weighted by molar-refractivity contribution is 6.08. The van der Waals surface area contributed by atoms with Crippen molar-refractivity contribution < 1.29 is 14.2 Å². The molecule has 1 aliphatic heterocycles. The van der Waals surface area contributed by atoms with E-state index in [9.17, 15) is 9.50 Å². The number of para-hydroxylation sites is 1. The fourth-order valence-electron chi connectivity index (χ4n) is 3.10. The molecule has 1 aliphatic rings. The quantitative estimate of drug-likeness (QED) is 0.741. The molecule has 2 N–H and O–H groups in total. The van der Waals surface area contributed by atoms with E-state index in [0.29, 0.717) is 18.1 Å². The highest BCUT2D eigenvalue weighted by Crippen LogP contribution is 2.23. The van der Waals surface area contributed by atoms with Gasteiger partial charge in [0.2, 0.25) is 5.88 Å². The number of ether oxygens (including phenoxy) is 1. The van der Waals surface area contributed by atoms with Gasteiger partial charge in [-0.05, 0) is 30.7 Å². The molecule has 3 aromatic rings. The number of hydrogen-bond acceptors (Lipinski definition) is 5. The van der Waals surface area contributed by atoms with E-state index in [2.05, 4.69) is 15.4 Å². The largest absolute Gasteiger partial charge is 0.497 e. The number of aliphatic hydroxyl groups excluding tert-OH is 1. The Labute approximate surface area is 155 Å². The number of methoxy groups -OCH3 is 1. The molecule has 2 aromatic carbocycles. The van der Waals surface area contributed by atoms with E-state index in [-0.39, 0.29) is 0 Å². The highest BCUT2D eigenvalue weighted by Gasteiger charge is 2.25. The van der Waals surface area contributed by atoms with Crippen molar-refractivity contribution in [1.29, 1.82) is 0 Å². The molecule has 2 heterocycles. The van der Waals surface area contributed by atoms with Crippen LogP contribution < -0.4 is 10.1 Å². The molecular weight excluding hydrogens is 347 g/mol. The number of rotatable bonds is 4. The normalized spacial score (nSPS) is 17.0. The van der Waals surface area contributed by atoms with Crippen molar-refractivity contribution in [3.8, 4) is 5.75 Å². The van der Waals surface area contributed by atoms with Crippen molar-refractivity contribution in [2.75, 3.05) is 7.11 Å². The lowest BCUT2D eigenvalue weighted by atomic mass is 10.1. The number of halogens is 1. The smallest absolute Gasteiger partial charge is 0.247 e. The van der Waals surface area contributed by atoms with Crippen LogP contribution in [-0.2, 0) is 6.54 Å². The first kappa shape index (κ1) is 17.1. The number of aliphatic imine (C=N–C) groups is 1. The van der Waals surface area contributed by atoms with Crippen LogP contribution in [0, 0.1) is 0 Å². The van der Waals surface area contributed by atoms with Crippen LogP contribution >= 0.6 is 0 Å². The van der Waals surface area contributed by atoms with Gasteiger partial charge in [-0.1, -0.05) is 30.3 Å². The van der Waals surface area contributed by atoms with Gasteiger partial charge in [0.1, 0.15) is 11.4 Å². The first-order valence-electron chi connectivity index (χ1n) is 8.59. The minimum Gasteiger partial charge on any atom is -0.497 e. The van der Waals surface area contributed by atoms with Gasteiger partial charge < -0.3 is 15.2 Å². The molecular formula is C20H19FN4O2. The molecule has 0 amide bonds. The molecule has 0 bridgehead atoms. The summed E-state index contributed by atoms with van der Waals surface area (Å²) in [4.78, 5) is 3.95. The minimum atomic E-state index is -0.680. The topological polar surface area (TPSA) is 71.7 Å². The maximum absolute atomic E-state index is 13.8. The number of benzene rings is 2. The molecule has 4 rings (SSSR count). The number of fused-ring (bicyclic) bond motifs is 1. The standard InChI is InChI=1S/C20H19FN4O2/c1-12-17(21)20(26)23-19(22-12)18-15-5-3-4-6-16(15)25(24-18)11-13-7-9-14(27-2)10-8-13/h3-10,12,26H,11H2,1-2H3,(H,22,23). The van der Waals surface area contributed by atoms with Crippen molar-refractivity contribution in [3.63, 3.8) is 0 Å². The number of hydrogen-bond donors (Lipinski definition) is 2. The lowest BCUT2D eigenvalue weighted by Crippen LogP contribution is -2.37. The molecule has 6 nitrogen and oxygen atoms in total. The second-order valence-corrected chi connectivity index (χ2v) is 6.37. The van der Waals surface area contributed by atoms with Crippen molar-refractivity contribution in [3.05, 3.63) is 71.5 Å². The zero-order valence-electron chi connectivity index (χ0n) is 15.0. The third-order valence-corrected chi connectivity index (χ3v) is 4.54. The Morgan fingerprint density at radius 1 is 1.19 bits per heavy atom. The second kappa shape index (κ2) is 6.75. The van der Waals surface area contributed by atoms with Gasteiger partial charge in [0.05, 0.1) is 25.2 Å². The Hall–Kier alpha value is -3.35. The predicted octanol–water partition coefficient (Wildman–Crippen LogP) is 3.53. The van der Waals surface area contributed by atoms with Gasteiger partial charge in [-0.25, -0.2) is 4.39 Å². The Kier molecular flexibility index (Phi) is 4.27. The van der Waals surface area contributed by atoms with E-state index in [1.165, 1.54) is 0 Å². The van der Waals surface area contributed by atoms with E-state index >= 15 is 0 Å². The number of nitrogens with zero attached hydrogens (tertiary/aromatic N) is 3. The van der Waals surface area contributed by atoms with Crippen molar-refractivity contribution in [1.82, 2.24) is 15.1 Å². The van der Waals surface area contributed by atoms with E-state index < -0.39 is 17.8 Å². The Morgan fingerprint density at radius 3 is 2.63 bits per heavy atom. The monoisotopic (exact) mass is 366 g/mol. The van der Waals surface area contributed by atoms with E-state index in [0.717, 1.165) is 22.2 Å². The van der Waals surface area contributed by atoms with E-state index in [1.54, 1.807) is 14.0 Å². The zero-order chi connectivity index (χ0) is 19.0. The summed E-state index contributed by atoms with van der Waals surface area (Å²) in [5.74, 6) is -0.138.